The lowest BCUT2D eigenvalue weighted by Gasteiger charge is -2.05. The average Bonchev–Trinajstić information content (AvgIpc) is 2.87. The number of carbonyl (C=O) groups excluding carboxylic acids is 1. The molecule has 7 heteroatoms. The van der Waals surface area contributed by atoms with Crippen LogP contribution >= 0.6 is 0 Å². The topological polar surface area (TPSA) is 44.1 Å². The van der Waals surface area contributed by atoms with Crippen molar-refractivity contribution in [2.24, 2.45) is 0 Å². The van der Waals surface area contributed by atoms with Gasteiger partial charge in [-0.3, -0.25) is 4.68 Å². The summed E-state index contributed by atoms with van der Waals surface area (Å²) >= 11 is 0. The Bertz CT molecular complexity index is 906. The standard InChI is InChI=1S/C16H11F3N2O2/c1-23-16(22)15-12-5-4-11(18)7-14(12)21(20-15)8-9-2-3-10(17)6-13(9)19/h2-7H,8H2,1H3. The number of ether oxygens (including phenoxy) is 1. The number of nitrogens with zero attached hydrogens (tertiary/aromatic N) is 2. The summed E-state index contributed by atoms with van der Waals surface area (Å²) in [7, 11) is 1.20. The summed E-state index contributed by atoms with van der Waals surface area (Å²) in [5.74, 6) is -2.64. The number of methoxy groups -OCH3 is 1. The zero-order valence-electron chi connectivity index (χ0n) is 12.0. The lowest BCUT2D eigenvalue weighted by molar-refractivity contribution is 0.0595. The predicted molar refractivity (Wildman–Crippen MR) is 76.5 cm³/mol. The number of esters is 1. The van der Waals surface area contributed by atoms with Crippen LogP contribution in [0.3, 0.4) is 0 Å². The summed E-state index contributed by atoms with van der Waals surface area (Å²) in [4.78, 5) is 11.8. The highest BCUT2D eigenvalue weighted by molar-refractivity contribution is 6.02. The first kappa shape index (κ1) is 15.1. The van der Waals surface area contributed by atoms with Crippen molar-refractivity contribution in [3.05, 3.63) is 65.1 Å². The zero-order valence-corrected chi connectivity index (χ0v) is 12.0. The van der Waals surface area contributed by atoms with E-state index in [2.05, 4.69) is 9.84 Å². The van der Waals surface area contributed by atoms with Gasteiger partial charge in [-0.05, 0) is 24.3 Å². The average molecular weight is 320 g/mol. The van der Waals surface area contributed by atoms with Crippen molar-refractivity contribution in [1.29, 1.82) is 0 Å². The van der Waals surface area contributed by atoms with Crippen LogP contribution in [0, 0.1) is 17.5 Å². The van der Waals surface area contributed by atoms with E-state index in [1.54, 1.807) is 0 Å². The van der Waals surface area contributed by atoms with Gasteiger partial charge in [0.2, 0.25) is 0 Å². The second-order valence-electron chi connectivity index (χ2n) is 4.90. The van der Waals surface area contributed by atoms with Crippen molar-refractivity contribution in [2.75, 3.05) is 7.11 Å². The Balaban J connectivity index is 2.13. The van der Waals surface area contributed by atoms with Crippen molar-refractivity contribution < 1.29 is 22.7 Å². The second-order valence-corrected chi connectivity index (χ2v) is 4.90. The van der Waals surface area contributed by atoms with E-state index < -0.39 is 23.4 Å². The molecule has 118 valence electrons. The molecule has 2 aromatic carbocycles. The molecular weight excluding hydrogens is 309 g/mol. The third-order valence-corrected chi connectivity index (χ3v) is 3.43. The van der Waals surface area contributed by atoms with Crippen molar-refractivity contribution >= 4 is 16.9 Å². The van der Waals surface area contributed by atoms with Gasteiger partial charge in [0.25, 0.3) is 0 Å². The van der Waals surface area contributed by atoms with Gasteiger partial charge in [-0.15, -0.1) is 0 Å². The van der Waals surface area contributed by atoms with E-state index in [9.17, 15) is 18.0 Å². The summed E-state index contributed by atoms with van der Waals surface area (Å²) in [6.07, 6.45) is 0. The molecule has 0 fully saturated rings. The molecule has 0 saturated carbocycles. The molecule has 1 aromatic heterocycles. The highest BCUT2D eigenvalue weighted by Gasteiger charge is 2.19. The maximum atomic E-state index is 13.8. The number of fused-ring (bicyclic) bond motifs is 1. The number of halogens is 3. The Morgan fingerprint density at radius 2 is 1.83 bits per heavy atom. The monoisotopic (exact) mass is 320 g/mol. The third-order valence-electron chi connectivity index (χ3n) is 3.43. The van der Waals surface area contributed by atoms with Crippen LogP contribution < -0.4 is 0 Å². The van der Waals surface area contributed by atoms with Crippen LogP contribution in [0.15, 0.2) is 36.4 Å². The van der Waals surface area contributed by atoms with Crippen LogP contribution in [-0.2, 0) is 11.3 Å². The lowest BCUT2D eigenvalue weighted by atomic mass is 10.2. The van der Waals surface area contributed by atoms with Gasteiger partial charge in [-0.2, -0.15) is 5.10 Å². The van der Waals surface area contributed by atoms with Gasteiger partial charge < -0.3 is 4.74 Å². The minimum atomic E-state index is -0.746. The van der Waals surface area contributed by atoms with Crippen molar-refractivity contribution in [1.82, 2.24) is 9.78 Å². The Labute approximate surface area is 129 Å². The molecule has 4 nitrogen and oxygen atoms in total. The maximum absolute atomic E-state index is 13.8. The quantitative estimate of drug-likeness (QED) is 0.696. The van der Waals surface area contributed by atoms with Gasteiger partial charge in [0.15, 0.2) is 5.69 Å². The largest absolute Gasteiger partial charge is 0.464 e. The molecule has 0 bridgehead atoms. The summed E-state index contributed by atoms with van der Waals surface area (Å²) in [5, 5.41) is 4.46. The first-order valence-corrected chi connectivity index (χ1v) is 6.68. The first-order chi connectivity index (χ1) is 11.0. The molecule has 0 aliphatic carbocycles. The Morgan fingerprint density at radius 3 is 2.52 bits per heavy atom. The van der Waals surface area contributed by atoms with Crippen LogP contribution in [0.1, 0.15) is 16.1 Å². The number of carbonyl (C=O) groups is 1. The van der Waals surface area contributed by atoms with Crippen LogP contribution in [0.25, 0.3) is 10.9 Å². The SMILES string of the molecule is COC(=O)c1nn(Cc2ccc(F)cc2F)c2cc(F)ccc12. The Hall–Kier alpha value is -2.83. The minimum absolute atomic E-state index is 0.00465. The fourth-order valence-corrected chi connectivity index (χ4v) is 2.33. The van der Waals surface area contributed by atoms with E-state index in [1.165, 1.54) is 36.1 Å². The molecule has 0 amide bonds. The normalized spacial score (nSPS) is 11.0. The molecule has 0 unspecified atom stereocenters. The van der Waals surface area contributed by atoms with E-state index in [-0.39, 0.29) is 17.8 Å². The number of hydrogen-bond donors (Lipinski definition) is 0. The van der Waals surface area contributed by atoms with Gasteiger partial charge in [0.05, 0.1) is 19.2 Å². The van der Waals surface area contributed by atoms with E-state index in [1.807, 2.05) is 0 Å². The Kier molecular flexibility index (Phi) is 3.77. The molecule has 1 heterocycles. The van der Waals surface area contributed by atoms with E-state index in [0.29, 0.717) is 10.9 Å². The predicted octanol–water partition coefficient (Wildman–Crippen LogP) is 3.29. The van der Waals surface area contributed by atoms with Gasteiger partial charge in [0.1, 0.15) is 17.5 Å². The third kappa shape index (κ3) is 2.77. The fraction of sp³-hybridized carbons (Fsp3) is 0.125. The molecular formula is C16H11F3N2O2. The van der Waals surface area contributed by atoms with Gasteiger partial charge in [-0.25, -0.2) is 18.0 Å². The van der Waals surface area contributed by atoms with Gasteiger partial charge in [0, 0.05) is 17.0 Å². The molecule has 0 aliphatic heterocycles. The van der Waals surface area contributed by atoms with Crippen molar-refractivity contribution in [2.45, 2.75) is 6.54 Å². The van der Waals surface area contributed by atoms with Crippen LogP contribution in [0.4, 0.5) is 13.2 Å². The minimum Gasteiger partial charge on any atom is -0.464 e. The molecule has 0 saturated heterocycles. The van der Waals surface area contributed by atoms with E-state index in [0.717, 1.165) is 12.1 Å². The maximum Gasteiger partial charge on any atom is 0.359 e. The molecule has 23 heavy (non-hydrogen) atoms. The fourth-order valence-electron chi connectivity index (χ4n) is 2.33. The second kappa shape index (κ2) is 5.75. The molecule has 3 rings (SSSR count). The smallest absolute Gasteiger partial charge is 0.359 e. The zero-order chi connectivity index (χ0) is 16.6. The van der Waals surface area contributed by atoms with E-state index in [4.69, 9.17) is 0 Å². The van der Waals surface area contributed by atoms with Gasteiger partial charge in [-0.1, -0.05) is 6.07 Å². The molecule has 0 aliphatic rings. The van der Waals surface area contributed by atoms with E-state index >= 15 is 0 Å². The molecule has 0 atom stereocenters. The number of aromatic nitrogens is 2. The molecule has 0 N–H and O–H groups in total. The number of hydrogen-bond acceptors (Lipinski definition) is 3. The summed E-state index contributed by atoms with van der Waals surface area (Å²) < 4.78 is 46.2. The summed E-state index contributed by atoms with van der Waals surface area (Å²) in [5.41, 5.74) is 0.482. The van der Waals surface area contributed by atoms with Crippen LogP contribution in [0.5, 0.6) is 0 Å². The highest BCUT2D eigenvalue weighted by atomic mass is 19.1. The first-order valence-electron chi connectivity index (χ1n) is 6.68. The molecule has 3 aromatic rings. The van der Waals surface area contributed by atoms with Gasteiger partial charge >= 0.3 is 5.97 Å². The lowest BCUT2D eigenvalue weighted by Crippen LogP contribution is -2.07. The van der Waals surface area contributed by atoms with Crippen molar-refractivity contribution in [3.8, 4) is 0 Å². The molecule has 0 radical (unpaired) electrons. The Morgan fingerprint density at radius 1 is 1.13 bits per heavy atom. The summed E-state index contributed by atoms with van der Waals surface area (Å²) in [6.45, 7) is -0.0803. The van der Waals surface area contributed by atoms with Crippen LogP contribution in [-0.4, -0.2) is 22.9 Å². The number of benzene rings is 2. The summed E-state index contributed by atoms with van der Waals surface area (Å²) in [6, 6.07) is 6.93. The van der Waals surface area contributed by atoms with Crippen molar-refractivity contribution in [3.63, 3.8) is 0 Å². The highest BCUT2D eigenvalue weighted by Crippen LogP contribution is 2.22. The molecule has 0 spiro atoms. The number of rotatable bonds is 3. The van der Waals surface area contributed by atoms with Crippen LogP contribution in [0.2, 0.25) is 0 Å².